The van der Waals surface area contributed by atoms with Gasteiger partial charge in [-0.05, 0) is 201 Å². The third-order valence-corrected chi connectivity index (χ3v) is 18.9. The van der Waals surface area contributed by atoms with Crippen LogP contribution >= 0.6 is 0 Å². The number of ketones is 2. The number of aryl methyl sites for hydroxylation is 3. The summed E-state index contributed by atoms with van der Waals surface area (Å²) in [6.45, 7) is 5.81. The Morgan fingerprint density at radius 3 is 0.893 bits per heavy atom. The number of nitrogens with two attached hydrogens (primary N) is 1. The Balaban J connectivity index is 0.000000192. The van der Waals surface area contributed by atoms with Gasteiger partial charge < -0.3 is 40.5 Å². The molecule has 0 aliphatic carbocycles. The van der Waals surface area contributed by atoms with Crippen LogP contribution in [0.25, 0.3) is 66.5 Å². The monoisotopic (exact) mass is 1700 g/mol. The van der Waals surface area contributed by atoms with E-state index in [0.29, 0.717) is 50.1 Å². The van der Waals surface area contributed by atoms with Crippen LogP contribution in [0.5, 0.6) is 0 Å². The third-order valence-electron chi connectivity index (χ3n) is 18.9. The number of pyridine rings is 3. The lowest BCUT2D eigenvalue weighted by molar-refractivity contribution is -0.138. The summed E-state index contributed by atoms with van der Waals surface area (Å²) in [5.74, 6) is -5.49. The van der Waals surface area contributed by atoms with E-state index in [-0.39, 0.29) is 60.3 Å². The number of hydrogen-bond donors (Lipinski definition) is 5. The number of aromatic nitrogens is 6. The number of nitrogens with one attached hydrogen (secondary N) is 3. The maximum atomic E-state index is 13.8. The molecule has 0 atom stereocenters. The maximum Gasteiger partial charge on any atom is 0.416 e. The number of nitrogens with zero attached hydrogens (tertiary/aromatic N) is 6. The van der Waals surface area contributed by atoms with Gasteiger partial charge in [0.15, 0.2) is 28.6 Å². The first-order chi connectivity index (χ1) is 56.3. The number of hydrogen-bond acceptors (Lipinski definition) is 10. The van der Waals surface area contributed by atoms with E-state index in [1.165, 1.54) is 48.5 Å². The van der Waals surface area contributed by atoms with Gasteiger partial charge in [0, 0.05) is 139 Å². The van der Waals surface area contributed by atoms with Gasteiger partial charge in [-0.25, -0.2) is 44.3 Å². The topological polar surface area (TPSA) is 238 Å². The number of nitrogen functional groups attached to an aromatic ring is 1. The van der Waals surface area contributed by atoms with Crippen molar-refractivity contribution in [3.8, 4) is 33.8 Å². The smallest absolute Gasteiger partial charge is 0.416 e. The Morgan fingerprint density at radius 1 is 0.364 bits per heavy atom. The zero-order valence-electron chi connectivity index (χ0n) is 65.5. The molecule has 12 rings (SSSR count). The van der Waals surface area contributed by atoms with Crippen molar-refractivity contribution >= 4 is 73.7 Å². The quantitative estimate of drug-likeness (QED) is 0.0243. The van der Waals surface area contributed by atoms with E-state index in [9.17, 15) is 108 Å². The molecule has 6 aromatic carbocycles. The second kappa shape index (κ2) is 36.8. The second-order valence-electron chi connectivity index (χ2n) is 29.3. The lowest BCUT2D eigenvalue weighted by Gasteiger charge is -2.15. The van der Waals surface area contributed by atoms with Crippen molar-refractivity contribution < 1.29 is 113 Å². The summed E-state index contributed by atoms with van der Waals surface area (Å²) in [7, 11) is 5.40. The number of rotatable bonds is 22. The number of Topliss-reactive ketones (excluding diaryl/α,β-unsaturated/α-hetero) is 2. The van der Waals surface area contributed by atoms with Gasteiger partial charge in [0.1, 0.15) is 17.1 Å². The molecule has 638 valence electrons. The highest BCUT2D eigenvalue weighted by Gasteiger charge is 2.35. The first kappa shape index (κ1) is 92.0. The Labute approximate surface area is 678 Å². The van der Waals surface area contributed by atoms with Crippen molar-refractivity contribution in [3.63, 3.8) is 0 Å². The van der Waals surface area contributed by atoms with E-state index in [2.05, 4.69) is 30.9 Å². The summed E-state index contributed by atoms with van der Waals surface area (Å²) >= 11 is 0. The van der Waals surface area contributed by atoms with Crippen LogP contribution in [-0.2, 0) is 86.5 Å². The van der Waals surface area contributed by atoms with Crippen molar-refractivity contribution in [1.29, 1.82) is 0 Å². The van der Waals surface area contributed by atoms with Gasteiger partial charge in [-0.1, -0.05) is 48.5 Å². The molecule has 6 heterocycles. The largest absolute Gasteiger partial charge is 0.478 e. The fraction of sp³-hybridized carbons (Fsp3) is 0.267. The first-order valence-corrected chi connectivity index (χ1v) is 36.4. The van der Waals surface area contributed by atoms with Gasteiger partial charge in [0.05, 0.1) is 22.3 Å². The van der Waals surface area contributed by atoms with Crippen molar-refractivity contribution in [2.75, 3.05) is 5.73 Å². The molecule has 35 heteroatoms. The molecule has 3 amide bonds. The predicted octanol–water partition coefficient (Wildman–Crippen LogP) is 20.5. The van der Waals surface area contributed by atoms with Crippen LogP contribution in [0.1, 0.15) is 153 Å². The van der Waals surface area contributed by atoms with Crippen LogP contribution in [0.15, 0.2) is 182 Å². The number of anilines is 1. The van der Waals surface area contributed by atoms with Gasteiger partial charge in [0.2, 0.25) is 0 Å². The summed E-state index contributed by atoms with van der Waals surface area (Å²) in [6.07, 6.45) is -19.5. The average Bonchev–Trinajstić information content (AvgIpc) is 1.64. The highest BCUT2D eigenvalue weighted by Crippen LogP contribution is 2.38. The van der Waals surface area contributed by atoms with Gasteiger partial charge in [-0.2, -0.15) is 39.5 Å². The van der Waals surface area contributed by atoms with E-state index in [1.54, 1.807) is 77.8 Å². The molecule has 0 saturated carbocycles. The number of alkyl halides is 18. The number of carboxylic acid groups (broad SMARTS) is 1. The summed E-state index contributed by atoms with van der Waals surface area (Å²) in [6, 6.07) is 39.4. The molecule has 0 aliphatic heterocycles. The van der Waals surface area contributed by atoms with Crippen LogP contribution < -0.4 is 21.7 Å². The average molecular weight is 1700 g/mol. The summed E-state index contributed by atoms with van der Waals surface area (Å²) in [4.78, 5) is 82.8. The minimum atomic E-state index is -4.45. The predicted molar refractivity (Wildman–Crippen MR) is 416 cm³/mol. The Bertz CT molecular complexity index is 5580. The number of carbonyl (C=O) groups is 6. The Kier molecular flexibility index (Phi) is 28.0. The number of carboxylic acids is 1. The van der Waals surface area contributed by atoms with Crippen molar-refractivity contribution in [2.24, 2.45) is 21.1 Å². The molecule has 12 aromatic rings. The number of aromatic carboxylic acids is 1. The molecule has 0 radical (unpaired) electrons. The lowest BCUT2D eigenvalue weighted by atomic mass is 9.99. The number of carbonyl (C=O) groups excluding carboxylic acids is 5. The molecule has 6 N–H and O–H groups in total. The summed E-state index contributed by atoms with van der Waals surface area (Å²) in [5, 5.41) is 18.1. The van der Waals surface area contributed by atoms with Crippen LogP contribution in [0.4, 0.5) is 84.7 Å². The summed E-state index contributed by atoms with van der Waals surface area (Å²) in [5.41, 5.74) is 2.66. The van der Waals surface area contributed by atoms with E-state index in [0.717, 1.165) is 136 Å². The molecule has 0 aliphatic rings. The first-order valence-electron chi connectivity index (χ1n) is 36.4. The van der Waals surface area contributed by atoms with Gasteiger partial charge in [-0.3, -0.25) is 38.9 Å². The van der Waals surface area contributed by atoms with Crippen LogP contribution in [0.2, 0.25) is 0 Å². The van der Waals surface area contributed by atoms with Crippen LogP contribution in [0.3, 0.4) is 0 Å². The normalized spacial score (nSPS) is 12.1. The SMILES string of the molecule is CC(C)(F)C(=O)NCc1cnc(C(F)F)c(C(=O)O)c1.Cn1c(-c2ccc(C(F)(F)F)cc2)cc2cc(CC(=O)c3cc(CNC(=O)C(C)(C)F)cnc3C(F)F)ccc21.Cn1c(-c2ccc(C(F)(F)F)cc2)cc2cc(CC(=O)c3cc(CNC(=O)C(C)(C)F)cnc3C(F)F)ccc21.Cn1c(-c2ccc(C(F)(F)F)cc2)cc2cc(N)ccc21. The summed E-state index contributed by atoms with van der Waals surface area (Å²) < 4.78 is 241. The van der Waals surface area contributed by atoms with E-state index in [4.69, 9.17) is 10.8 Å². The molecule has 6 aromatic heterocycles. The van der Waals surface area contributed by atoms with Gasteiger partial charge in [-0.15, -0.1) is 0 Å². The lowest BCUT2D eigenvalue weighted by Crippen LogP contribution is -2.38. The molecule has 0 bridgehead atoms. The van der Waals surface area contributed by atoms with Crippen molar-refractivity contribution in [1.82, 2.24) is 44.6 Å². The highest BCUT2D eigenvalue weighted by atomic mass is 19.4. The molecule has 17 nitrogen and oxygen atoms in total. The van der Waals surface area contributed by atoms with E-state index in [1.807, 2.05) is 29.8 Å². The van der Waals surface area contributed by atoms with Gasteiger partial charge >= 0.3 is 24.5 Å². The Morgan fingerprint density at radius 2 is 0.628 bits per heavy atom. The molecular formula is C86H76F18N10O7. The molecule has 0 spiro atoms. The zero-order chi connectivity index (χ0) is 89.5. The Hall–Kier alpha value is -12.9. The van der Waals surface area contributed by atoms with E-state index < -0.39 is 129 Å². The van der Waals surface area contributed by atoms with Gasteiger partial charge in [0.25, 0.3) is 37.0 Å². The van der Waals surface area contributed by atoms with Crippen molar-refractivity contribution in [3.05, 3.63) is 261 Å². The number of fused-ring (bicyclic) bond motifs is 3. The van der Waals surface area contributed by atoms with Crippen molar-refractivity contribution in [2.45, 2.75) is 129 Å². The number of benzene rings is 6. The number of halogens is 18. The van der Waals surface area contributed by atoms with Crippen LogP contribution in [0, 0.1) is 0 Å². The standard InChI is InChI=1S/2C29H25F6N3O2.C16H13F3N2.C12H13F3N2O3/c2*1-28(2,32)27(40)37-15-17-11-21(25(26(30)31)36-14-17)24(39)12-16-4-9-22-19(10-16)13-23(38(22)3)18-5-7-20(8-6-18)29(33,34)35;1-21-14-7-6-13(20)8-11(14)9-15(21)10-2-4-12(5-3-10)16(17,18)19;1-12(2,15)11(20)17-5-6-3-7(10(18)19)8(9(13)14)16-4-6/h2*4-11,13-14,26H,12,15H2,1-3H3,(H,37,40);2-9H,20H2,1H3;3-4,9H,5H2,1-2H3,(H,17,20)(H,18,19). The third kappa shape index (κ3) is 23.2. The number of amides is 3. The minimum Gasteiger partial charge on any atom is -0.478 e. The fourth-order valence-electron chi connectivity index (χ4n) is 12.4. The molecule has 0 fully saturated rings. The van der Waals surface area contributed by atoms with Crippen LogP contribution in [-0.4, -0.2) is 86.0 Å². The van der Waals surface area contributed by atoms with E-state index >= 15 is 0 Å². The second-order valence-corrected chi connectivity index (χ2v) is 29.3. The fourth-order valence-corrected chi connectivity index (χ4v) is 12.4. The molecular weight excluding hydrogens is 1630 g/mol. The zero-order valence-corrected chi connectivity index (χ0v) is 65.5. The molecule has 0 unspecified atom stereocenters. The molecule has 0 saturated heterocycles. The molecule has 121 heavy (non-hydrogen) atoms. The minimum absolute atomic E-state index is 0.185. The highest BCUT2D eigenvalue weighted by molar-refractivity contribution is 6.01. The maximum absolute atomic E-state index is 13.8.